The molecule has 1 amide bonds. The largest absolute Gasteiger partial charge is 0.494 e. The molecule has 0 aliphatic rings. The number of benzene rings is 2. The standard InChI is InChI=1S/C25H25F3N6O3/c1-14-15(25(35)31-9-12-37-11-7-29)3-5-17(20(14)26)33-23-24-32-13-18(34(24)10-8-30-23)16-4-6-19(36-2)22(28)21(16)27/h3-6,8,10,13H,7,9,11-12,29H2,1-2H3,(H,30,33)(H,31,35). The molecule has 0 fully saturated rings. The SMILES string of the molecule is COc1ccc(-c2cnc3c(Nc4ccc(C(=O)NCCOCCN)c(C)c4F)nccn23)c(F)c1F. The molecule has 4 aromatic rings. The second-order valence-corrected chi connectivity index (χ2v) is 7.94. The summed E-state index contributed by atoms with van der Waals surface area (Å²) in [5.41, 5.74) is 6.20. The summed E-state index contributed by atoms with van der Waals surface area (Å²) in [5, 5.41) is 5.55. The van der Waals surface area contributed by atoms with Gasteiger partial charge in [-0.25, -0.2) is 18.7 Å². The number of nitrogens with two attached hydrogens (primary N) is 1. The third-order valence-corrected chi connectivity index (χ3v) is 5.65. The molecule has 12 heteroatoms. The highest BCUT2D eigenvalue weighted by Gasteiger charge is 2.20. The predicted molar refractivity (Wildman–Crippen MR) is 132 cm³/mol. The lowest BCUT2D eigenvalue weighted by molar-refractivity contribution is 0.0919. The average Bonchev–Trinajstić information content (AvgIpc) is 3.33. The molecular weight excluding hydrogens is 489 g/mol. The molecule has 0 spiro atoms. The van der Waals surface area contributed by atoms with Crippen molar-refractivity contribution in [3.63, 3.8) is 0 Å². The fourth-order valence-electron chi connectivity index (χ4n) is 3.77. The quantitative estimate of drug-likeness (QED) is 0.277. The summed E-state index contributed by atoms with van der Waals surface area (Å²) in [6.07, 6.45) is 4.30. The molecule has 0 saturated heterocycles. The number of anilines is 2. The van der Waals surface area contributed by atoms with E-state index in [-0.39, 0.29) is 51.8 Å². The number of halogens is 3. The van der Waals surface area contributed by atoms with Gasteiger partial charge < -0.3 is 25.8 Å². The van der Waals surface area contributed by atoms with Gasteiger partial charge in [0.25, 0.3) is 5.91 Å². The molecule has 4 N–H and O–H groups in total. The Morgan fingerprint density at radius 2 is 1.89 bits per heavy atom. The Hall–Kier alpha value is -4.16. The lowest BCUT2D eigenvalue weighted by atomic mass is 10.1. The van der Waals surface area contributed by atoms with E-state index in [0.717, 1.165) is 0 Å². The Labute approximate surface area is 210 Å². The molecule has 0 aliphatic carbocycles. The molecule has 2 heterocycles. The first-order valence-corrected chi connectivity index (χ1v) is 11.3. The molecule has 4 rings (SSSR count). The van der Waals surface area contributed by atoms with E-state index in [0.29, 0.717) is 19.8 Å². The molecule has 2 aromatic heterocycles. The first-order chi connectivity index (χ1) is 17.9. The zero-order chi connectivity index (χ0) is 26.5. The molecular formula is C25H25F3N6O3. The van der Waals surface area contributed by atoms with Crippen molar-refractivity contribution < 1.29 is 27.4 Å². The first-order valence-electron chi connectivity index (χ1n) is 11.3. The van der Waals surface area contributed by atoms with Gasteiger partial charge in [0.1, 0.15) is 5.82 Å². The van der Waals surface area contributed by atoms with E-state index in [9.17, 15) is 13.6 Å². The number of fused-ring (bicyclic) bond motifs is 1. The number of rotatable bonds is 10. The van der Waals surface area contributed by atoms with Gasteiger partial charge in [-0.05, 0) is 36.8 Å². The topological polar surface area (TPSA) is 116 Å². The van der Waals surface area contributed by atoms with Crippen molar-refractivity contribution >= 4 is 23.1 Å². The van der Waals surface area contributed by atoms with E-state index in [2.05, 4.69) is 20.6 Å². The van der Waals surface area contributed by atoms with Crippen LogP contribution in [0.15, 0.2) is 42.9 Å². The molecule has 0 radical (unpaired) electrons. The van der Waals surface area contributed by atoms with Crippen molar-refractivity contribution in [2.45, 2.75) is 6.92 Å². The van der Waals surface area contributed by atoms with Crippen LogP contribution in [0.5, 0.6) is 5.75 Å². The molecule has 0 unspecified atom stereocenters. The van der Waals surface area contributed by atoms with Crippen molar-refractivity contribution in [1.29, 1.82) is 0 Å². The normalized spacial score (nSPS) is 11.1. The van der Waals surface area contributed by atoms with E-state index in [4.69, 9.17) is 15.2 Å². The van der Waals surface area contributed by atoms with E-state index >= 15 is 4.39 Å². The number of hydrogen-bond donors (Lipinski definition) is 3. The molecule has 0 saturated carbocycles. The van der Waals surface area contributed by atoms with Crippen molar-refractivity contribution in [1.82, 2.24) is 19.7 Å². The highest BCUT2D eigenvalue weighted by molar-refractivity contribution is 5.96. The number of ether oxygens (including phenoxy) is 2. The van der Waals surface area contributed by atoms with E-state index in [1.807, 2.05) is 0 Å². The van der Waals surface area contributed by atoms with E-state index in [1.54, 1.807) is 0 Å². The maximum Gasteiger partial charge on any atom is 0.251 e. The van der Waals surface area contributed by atoms with Crippen LogP contribution in [0.4, 0.5) is 24.7 Å². The van der Waals surface area contributed by atoms with E-state index in [1.165, 1.54) is 61.3 Å². The van der Waals surface area contributed by atoms with Crippen LogP contribution >= 0.6 is 0 Å². The van der Waals surface area contributed by atoms with Gasteiger partial charge in [-0.1, -0.05) is 0 Å². The second-order valence-electron chi connectivity index (χ2n) is 7.94. The van der Waals surface area contributed by atoms with Crippen LogP contribution in [-0.2, 0) is 4.74 Å². The van der Waals surface area contributed by atoms with Crippen molar-refractivity contribution in [3.8, 4) is 17.0 Å². The van der Waals surface area contributed by atoms with E-state index < -0.39 is 23.4 Å². The Morgan fingerprint density at radius 3 is 2.65 bits per heavy atom. The molecule has 0 atom stereocenters. The predicted octanol–water partition coefficient (Wildman–Crippen LogP) is 3.58. The number of aromatic nitrogens is 3. The Bertz CT molecular complexity index is 1440. The molecule has 0 aliphatic heterocycles. The zero-order valence-electron chi connectivity index (χ0n) is 20.1. The summed E-state index contributed by atoms with van der Waals surface area (Å²) in [4.78, 5) is 20.9. The Balaban J connectivity index is 1.59. The number of nitrogens with one attached hydrogen (secondary N) is 2. The van der Waals surface area contributed by atoms with Gasteiger partial charge in [0.05, 0.1) is 37.9 Å². The lowest BCUT2D eigenvalue weighted by Crippen LogP contribution is -2.28. The highest BCUT2D eigenvalue weighted by Crippen LogP contribution is 2.32. The lowest BCUT2D eigenvalue weighted by Gasteiger charge is -2.13. The van der Waals surface area contributed by atoms with Crippen molar-refractivity contribution in [2.24, 2.45) is 5.73 Å². The minimum atomic E-state index is -1.12. The van der Waals surface area contributed by atoms with Gasteiger partial charge in [0, 0.05) is 36.6 Å². The summed E-state index contributed by atoms with van der Waals surface area (Å²) in [5.74, 6) is -3.34. The van der Waals surface area contributed by atoms with Crippen LogP contribution in [0.25, 0.3) is 16.9 Å². The van der Waals surface area contributed by atoms with Gasteiger partial charge in [0.2, 0.25) is 5.82 Å². The number of imidazole rings is 1. The maximum atomic E-state index is 15.2. The number of carbonyl (C=O) groups is 1. The fraction of sp³-hybridized carbons (Fsp3) is 0.240. The van der Waals surface area contributed by atoms with Crippen LogP contribution in [0.1, 0.15) is 15.9 Å². The molecule has 37 heavy (non-hydrogen) atoms. The van der Waals surface area contributed by atoms with Gasteiger partial charge in [-0.2, -0.15) is 4.39 Å². The third-order valence-electron chi connectivity index (χ3n) is 5.65. The monoisotopic (exact) mass is 514 g/mol. The summed E-state index contributed by atoms with van der Waals surface area (Å²) in [6.45, 7) is 2.80. The minimum Gasteiger partial charge on any atom is -0.494 e. The smallest absolute Gasteiger partial charge is 0.251 e. The third kappa shape index (κ3) is 5.20. The van der Waals surface area contributed by atoms with Crippen LogP contribution in [-0.4, -0.2) is 53.7 Å². The van der Waals surface area contributed by atoms with Crippen LogP contribution in [0, 0.1) is 24.4 Å². The zero-order valence-corrected chi connectivity index (χ0v) is 20.1. The number of methoxy groups -OCH3 is 1. The van der Waals surface area contributed by atoms with Crippen molar-refractivity contribution in [2.75, 3.05) is 38.7 Å². The van der Waals surface area contributed by atoms with Crippen LogP contribution < -0.4 is 21.1 Å². The number of carbonyl (C=O) groups excluding carboxylic acids is 1. The summed E-state index contributed by atoms with van der Waals surface area (Å²) < 4.78 is 55.7. The fourth-order valence-corrected chi connectivity index (χ4v) is 3.77. The van der Waals surface area contributed by atoms with Crippen LogP contribution in [0.3, 0.4) is 0 Å². The molecule has 0 bridgehead atoms. The maximum absolute atomic E-state index is 15.2. The van der Waals surface area contributed by atoms with Crippen LogP contribution in [0.2, 0.25) is 0 Å². The number of hydrogen-bond acceptors (Lipinski definition) is 7. The van der Waals surface area contributed by atoms with Gasteiger partial charge in [-0.15, -0.1) is 0 Å². The highest BCUT2D eigenvalue weighted by atomic mass is 19.2. The van der Waals surface area contributed by atoms with Gasteiger partial charge in [-0.3, -0.25) is 9.20 Å². The number of nitrogens with zero attached hydrogens (tertiary/aromatic N) is 3. The summed E-state index contributed by atoms with van der Waals surface area (Å²) >= 11 is 0. The Kier molecular flexibility index (Phi) is 7.89. The average molecular weight is 515 g/mol. The minimum absolute atomic E-state index is 0.0335. The molecule has 9 nitrogen and oxygen atoms in total. The molecule has 194 valence electrons. The molecule has 2 aromatic carbocycles. The Morgan fingerprint density at radius 1 is 1.08 bits per heavy atom. The van der Waals surface area contributed by atoms with Gasteiger partial charge in [0.15, 0.2) is 23.0 Å². The van der Waals surface area contributed by atoms with Gasteiger partial charge >= 0.3 is 0 Å². The first kappa shape index (κ1) is 25.9. The summed E-state index contributed by atoms with van der Waals surface area (Å²) in [7, 11) is 1.24. The summed E-state index contributed by atoms with van der Waals surface area (Å²) in [6, 6.07) is 5.60. The van der Waals surface area contributed by atoms with Crippen molar-refractivity contribution in [3.05, 3.63) is 71.4 Å². The second kappa shape index (κ2) is 11.3. The number of amides is 1.